The van der Waals surface area contributed by atoms with Gasteiger partial charge in [-0.2, -0.15) is 0 Å². The Balaban J connectivity index is 1.63. The standard InChI is InChI=1S/C21H24Cl2N2O3S/c1-15(25-29(27,28)14-16-6-3-2-4-7-16)20(26)24-21(10-5-11-21)13-17-8-9-18(22)12-19(17)23/h2-4,6-9,12,15,25H,5,10-11,13-14H2,1H3,(H,24,26). The van der Waals surface area contributed by atoms with Crippen LogP contribution in [0.2, 0.25) is 10.0 Å². The minimum Gasteiger partial charge on any atom is -0.349 e. The van der Waals surface area contributed by atoms with Gasteiger partial charge in [0.25, 0.3) is 0 Å². The van der Waals surface area contributed by atoms with Crippen LogP contribution < -0.4 is 10.0 Å². The van der Waals surface area contributed by atoms with Crippen molar-refractivity contribution in [2.45, 2.75) is 49.9 Å². The summed E-state index contributed by atoms with van der Waals surface area (Å²) in [5.74, 6) is -0.511. The number of rotatable bonds is 8. The average molecular weight is 455 g/mol. The van der Waals surface area contributed by atoms with Gasteiger partial charge >= 0.3 is 0 Å². The van der Waals surface area contributed by atoms with E-state index in [1.54, 1.807) is 43.3 Å². The summed E-state index contributed by atoms with van der Waals surface area (Å²) in [5, 5.41) is 4.18. The zero-order valence-corrected chi connectivity index (χ0v) is 18.4. The molecule has 2 N–H and O–H groups in total. The first-order valence-electron chi connectivity index (χ1n) is 9.48. The third-order valence-electron chi connectivity index (χ3n) is 5.19. The molecule has 0 aliphatic heterocycles. The van der Waals surface area contributed by atoms with Crippen LogP contribution in [-0.4, -0.2) is 25.9 Å². The Labute approximate surface area is 181 Å². The highest BCUT2D eigenvalue weighted by molar-refractivity contribution is 7.88. The van der Waals surface area contributed by atoms with E-state index in [0.29, 0.717) is 22.0 Å². The van der Waals surface area contributed by atoms with Crippen molar-refractivity contribution in [2.75, 3.05) is 0 Å². The summed E-state index contributed by atoms with van der Waals surface area (Å²) < 4.78 is 27.3. The second-order valence-corrected chi connectivity index (χ2v) is 10.2. The molecule has 156 valence electrons. The first-order valence-corrected chi connectivity index (χ1v) is 11.9. The van der Waals surface area contributed by atoms with Gasteiger partial charge in [0.1, 0.15) is 0 Å². The summed E-state index contributed by atoms with van der Waals surface area (Å²) in [7, 11) is -3.64. The Hall–Kier alpha value is -1.60. The Morgan fingerprint density at radius 3 is 2.41 bits per heavy atom. The van der Waals surface area contributed by atoms with E-state index >= 15 is 0 Å². The highest BCUT2D eigenvalue weighted by atomic mass is 35.5. The first kappa shape index (κ1) is 22.1. The number of amides is 1. The minimum atomic E-state index is -3.64. The van der Waals surface area contributed by atoms with Gasteiger partial charge < -0.3 is 5.32 Å². The predicted octanol–water partition coefficient (Wildman–Crippen LogP) is 4.08. The Bertz CT molecular complexity index is 977. The van der Waals surface area contributed by atoms with Gasteiger partial charge in [-0.3, -0.25) is 4.79 Å². The highest BCUT2D eigenvalue weighted by Gasteiger charge is 2.40. The van der Waals surface area contributed by atoms with Crippen LogP contribution in [-0.2, 0) is 27.0 Å². The fraction of sp³-hybridized carbons (Fsp3) is 0.381. The van der Waals surface area contributed by atoms with Crippen molar-refractivity contribution in [2.24, 2.45) is 0 Å². The summed E-state index contributed by atoms with van der Waals surface area (Å²) >= 11 is 12.3. The van der Waals surface area contributed by atoms with Crippen molar-refractivity contribution < 1.29 is 13.2 Å². The second-order valence-electron chi connectivity index (χ2n) is 7.62. The van der Waals surface area contributed by atoms with Crippen LogP contribution in [0.5, 0.6) is 0 Å². The SMILES string of the molecule is CC(NS(=O)(=O)Cc1ccccc1)C(=O)NC1(Cc2ccc(Cl)cc2Cl)CCC1. The maximum absolute atomic E-state index is 12.7. The largest absolute Gasteiger partial charge is 0.349 e. The molecular formula is C21H24Cl2N2O3S. The summed E-state index contributed by atoms with van der Waals surface area (Å²) in [6, 6.07) is 13.3. The van der Waals surface area contributed by atoms with E-state index in [1.165, 1.54) is 0 Å². The molecule has 0 aromatic heterocycles. The Morgan fingerprint density at radius 1 is 1.14 bits per heavy atom. The van der Waals surface area contributed by atoms with E-state index in [4.69, 9.17) is 23.2 Å². The molecule has 0 radical (unpaired) electrons. The van der Waals surface area contributed by atoms with Crippen LogP contribution >= 0.6 is 23.2 Å². The Kier molecular flexibility index (Phi) is 6.89. The maximum atomic E-state index is 12.7. The molecule has 1 fully saturated rings. The van der Waals surface area contributed by atoms with Crippen LogP contribution in [0.3, 0.4) is 0 Å². The van der Waals surface area contributed by atoms with Gasteiger partial charge in [0, 0.05) is 15.6 Å². The molecule has 1 aliphatic carbocycles. The minimum absolute atomic E-state index is 0.170. The van der Waals surface area contributed by atoms with E-state index in [2.05, 4.69) is 10.0 Å². The number of carbonyl (C=O) groups excluding carboxylic acids is 1. The number of hydrogen-bond acceptors (Lipinski definition) is 3. The monoisotopic (exact) mass is 454 g/mol. The number of sulfonamides is 1. The van der Waals surface area contributed by atoms with Gasteiger partial charge in [-0.25, -0.2) is 13.1 Å². The van der Waals surface area contributed by atoms with Gasteiger partial charge in [-0.05, 0) is 55.9 Å². The average Bonchev–Trinajstić information content (AvgIpc) is 2.61. The van der Waals surface area contributed by atoms with Gasteiger partial charge in [-0.1, -0.05) is 59.6 Å². The molecular weight excluding hydrogens is 431 g/mol. The molecule has 1 unspecified atom stereocenters. The van der Waals surface area contributed by atoms with Crippen molar-refractivity contribution in [3.63, 3.8) is 0 Å². The molecule has 1 amide bonds. The summed E-state index contributed by atoms with van der Waals surface area (Å²) in [6.45, 7) is 1.56. The van der Waals surface area contributed by atoms with E-state index in [1.807, 2.05) is 12.1 Å². The van der Waals surface area contributed by atoms with Crippen LogP contribution in [0.4, 0.5) is 0 Å². The number of halogens is 2. The molecule has 1 aliphatic rings. The maximum Gasteiger partial charge on any atom is 0.238 e. The lowest BCUT2D eigenvalue weighted by molar-refractivity contribution is -0.125. The van der Waals surface area contributed by atoms with E-state index in [0.717, 1.165) is 24.8 Å². The topological polar surface area (TPSA) is 75.3 Å². The fourth-order valence-corrected chi connectivity index (χ4v) is 5.34. The van der Waals surface area contributed by atoms with Crippen molar-refractivity contribution in [1.82, 2.24) is 10.0 Å². The zero-order valence-electron chi connectivity index (χ0n) is 16.1. The molecule has 0 spiro atoms. The third kappa shape index (κ3) is 5.95. The quantitative estimate of drug-likeness (QED) is 0.630. The molecule has 2 aromatic rings. The molecule has 29 heavy (non-hydrogen) atoms. The zero-order chi connectivity index (χ0) is 21.1. The molecule has 2 aromatic carbocycles. The summed E-state index contributed by atoms with van der Waals surface area (Å²) in [5.41, 5.74) is 1.17. The number of nitrogens with one attached hydrogen (secondary N) is 2. The molecule has 0 heterocycles. The van der Waals surface area contributed by atoms with Crippen LogP contribution in [0.15, 0.2) is 48.5 Å². The molecule has 5 nitrogen and oxygen atoms in total. The van der Waals surface area contributed by atoms with Gasteiger partial charge in [-0.15, -0.1) is 0 Å². The van der Waals surface area contributed by atoms with Gasteiger partial charge in [0.15, 0.2) is 0 Å². The lowest BCUT2D eigenvalue weighted by atomic mass is 9.72. The van der Waals surface area contributed by atoms with Crippen LogP contribution in [0, 0.1) is 0 Å². The van der Waals surface area contributed by atoms with Crippen molar-refractivity contribution in [3.05, 3.63) is 69.7 Å². The van der Waals surface area contributed by atoms with E-state index in [-0.39, 0.29) is 11.7 Å². The lowest BCUT2D eigenvalue weighted by Crippen LogP contribution is -2.59. The molecule has 0 saturated heterocycles. The molecule has 0 bridgehead atoms. The normalized spacial score (nSPS) is 16.7. The van der Waals surface area contributed by atoms with Crippen molar-refractivity contribution >= 4 is 39.1 Å². The second kappa shape index (κ2) is 9.04. The van der Waals surface area contributed by atoms with Crippen LogP contribution in [0.25, 0.3) is 0 Å². The molecule has 1 saturated carbocycles. The summed E-state index contributed by atoms with van der Waals surface area (Å²) in [6.07, 6.45) is 3.22. The molecule has 8 heteroatoms. The van der Waals surface area contributed by atoms with Gasteiger partial charge in [0.05, 0.1) is 11.8 Å². The van der Waals surface area contributed by atoms with E-state index in [9.17, 15) is 13.2 Å². The smallest absolute Gasteiger partial charge is 0.238 e. The number of benzene rings is 2. The number of carbonyl (C=O) groups is 1. The predicted molar refractivity (Wildman–Crippen MR) is 117 cm³/mol. The first-order chi connectivity index (χ1) is 13.7. The van der Waals surface area contributed by atoms with E-state index < -0.39 is 21.6 Å². The lowest BCUT2D eigenvalue weighted by Gasteiger charge is -2.43. The molecule has 1 atom stereocenters. The highest BCUT2D eigenvalue weighted by Crippen LogP contribution is 2.37. The van der Waals surface area contributed by atoms with Crippen molar-refractivity contribution in [3.8, 4) is 0 Å². The number of hydrogen-bond donors (Lipinski definition) is 2. The Morgan fingerprint density at radius 2 is 1.83 bits per heavy atom. The van der Waals surface area contributed by atoms with Crippen LogP contribution in [0.1, 0.15) is 37.3 Å². The van der Waals surface area contributed by atoms with Gasteiger partial charge in [0.2, 0.25) is 15.9 Å². The molecule has 3 rings (SSSR count). The fourth-order valence-electron chi connectivity index (χ4n) is 3.51. The van der Waals surface area contributed by atoms with Crippen molar-refractivity contribution in [1.29, 1.82) is 0 Å². The third-order valence-corrected chi connectivity index (χ3v) is 7.21. The summed E-state index contributed by atoms with van der Waals surface area (Å²) in [4.78, 5) is 12.7.